The highest BCUT2D eigenvalue weighted by Crippen LogP contribution is 2.43. The molecule has 3 heteroatoms. The van der Waals surface area contributed by atoms with Gasteiger partial charge in [0.05, 0.1) is 12.1 Å². The van der Waals surface area contributed by atoms with Crippen LogP contribution < -0.4 is 5.32 Å². The van der Waals surface area contributed by atoms with Gasteiger partial charge in [-0.05, 0) is 37.5 Å². The summed E-state index contributed by atoms with van der Waals surface area (Å²) >= 11 is 2.03. The predicted octanol–water partition coefficient (Wildman–Crippen LogP) is 2.66. The molecule has 0 radical (unpaired) electrons. The third kappa shape index (κ3) is 3.62. The number of aliphatic hydroxyl groups is 1. The molecule has 2 aliphatic rings. The molecule has 0 aromatic carbocycles. The Hall–Kier alpha value is 0.270. The number of hydrogen-bond acceptors (Lipinski definition) is 3. The quantitative estimate of drug-likeness (QED) is 0.701. The van der Waals surface area contributed by atoms with Crippen molar-refractivity contribution in [3.63, 3.8) is 0 Å². The van der Waals surface area contributed by atoms with E-state index in [0.717, 1.165) is 17.6 Å². The molecule has 0 bridgehead atoms. The van der Waals surface area contributed by atoms with E-state index in [1.54, 1.807) is 0 Å². The topological polar surface area (TPSA) is 32.3 Å². The van der Waals surface area contributed by atoms with Crippen molar-refractivity contribution in [2.24, 2.45) is 11.8 Å². The Morgan fingerprint density at radius 1 is 1.24 bits per heavy atom. The van der Waals surface area contributed by atoms with Crippen molar-refractivity contribution in [1.29, 1.82) is 0 Å². The summed E-state index contributed by atoms with van der Waals surface area (Å²) < 4.78 is 0. The Morgan fingerprint density at radius 3 is 2.29 bits per heavy atom. The second-order valence-corrected chi connectivity index (χ2v) is 7.63. The predicted molar refractivity (Wildman–Crippen MR) is 75.5 cm³/mol. The van der Waals surface area contributed by atoms with Crippen LogP contribution in [0.5, 0.6) is 0 Å². The molecule has 2 saturated carbocycles. The molecule has 2 rings (SSSR count). The lowest BCUT2D eigenvalue weighted by atomic mass is 9.96. The molecular weight excluding hydrogens is 230 g/mol. The van der Waals surface area contributed by atoms with E-state index >= 15 is 0 Å². The van der Waals surface area contributed by atoms with Crippen LogP contribution in [0, 0.1) is 11.8 Å². The van der Waals surface area contributed by atoms with E-state index in [4.69, 9.17) is 0 Å². The fraction of sp³-hybridized carbons (Fsp3) is 1.00. The molecular formula is C14H27NOS. The molecule has 0 spiro atoms. The van der Waals surface area contributed by atoms with Gasteiger partial charge in [0.25, 0.3) is 0 Å². The number of hydrogen-bond donors (Lipinski definition) is 2. The molecule has 0 amide bonds. The Bertz CT molecular complexity index is 251. The number of aliphatic hydroxyl groups excluding tert-OH is 1. The SMILES string of the molecule is CC(C)C(C)SCC(CO)(NC1CC1)C1CC1. The molecule has 0 aromatic rings. The minimum absolute atomic E-state index is 0.0228. The Kier molecular flexibility index (Phi) is 4.43. The van der Waals surface area contributed by atoms with Crippen molar-refractivity contribution in [1.82, 2.24) is 5.32 Å². The van der Waals surface area contributed by atoms with E-state index in [1.165, 1.54) is 25.7 Å². The first-order chi connectivity index (χ1) is 8.07. The van der Waals surface area contributed by atoms with Gasteiger partial charge in [0.15, 0.2) is 0 Å². The largest absolute Gasteiger partial charge is 0.394 e. The lowest BCUT2D eigenvalue weighted by Crippen LogP contribution is -2.54. The Labute approximate surface area is 110 Å². The van der Waals surface area contributed by atoms with Gasteiger partial charge in [0, 0.05) is 17.0 Å². The lowest BCUT2D eigenvalue weighted by molar-refractivity contribution is 0.157. The van der Waals surface area contributed by atoms with Crippen molar-refractivity contribution in [3.05, 3.63) is 0 Å². The molecule has 2 unspecified atom stereocenters. The van der Waals surface area contributed by atoms with Crippen molar-refractivity contribution in [2.75, 3.05) is 12.4 Å². The third-order valence-electron chi connectivity index (χ3n) is 4.25. The minimum atomic E-state index is 0.0228. The zero-order valence-corrected chi connectivity index (χ0v) is 12.2. The summed E-state index contributed by atoms with van der Waals surface area (Å²) in [6.45, 7) is 7.18. The first-order valence-corrected chi connectivity index (χ1v) is 8.12. The summed E-state index contributed by atoms with van der Waals surface area (Å²) in [5.41, 5.74) is 0.0228. The smallest absolute Gasteiger partial charge is 0.0624 e. The van der Waals surface area contributed by atoms with Gasteiger partial charge in [-0.1, -0.05) is 20.8 Å². The highest BCUT2D eigenvalue weighted by molar-refractivity contribution is 7.99. The number of nitrogens with one attached hydrogen (secondary N) is 1. The molecule has 2 aliphatic carbocycles. The third-order valence-corrected chi connectivity index (χ3v) is 6.00. The maximum absolute atomic E-state index is 9.84. The van der Waals surface area contributed by atoms with Gasteiger partial charge in [0.2, 0.25) is 0 Å². The maximum Gasteiger partial charge on any atom is 0.0624 e. The molecule has 0 heterocycles. The Morgan fingerprint density at radius 2 is 1.88 bits per heavy atom. The standard InChI is InChI=1S/C14H27NOS/c1-10(2)11(3)17-9-14(8-16,12-4-5-12)15-13-6-7-13/h10-13,15-16H,4-9H2,1-3H3. The summed E-state index contributed by atoms with van der Waals surface area (Å²) in [7, 11) is 0. The normalized spacial score (nSPS) is 25.9. The van der Waals surface area contributed by atoms with Crippen LogP contribution in [0.1, 0.15) is 46.5 Å². The first kappa shape index (κ1) is 13.7. The van der Waals surface area contributed by atoms with E-state index < -0.39 is 0 Å². The van der Waals surface area contributed by atoms with Crippen molar-refractivity contribution >= 4 is 11.8 Å². The van der Waals surface area contributed by atoms with Gasteiger partial charge in [0.1, 0.15) is 0 Å². The van der Waals surface area contributed by atoms with Crippen LogP contribution >= 0.6 is 11.8 Å². The van der Waals surface area contributed by atoms with Crippen LogP contribution in [0.3, 0.4) is 0 Å². The zero-order valence-electron chi connectivity index (χ0n) is 11.4. The van der Waals surface area contributed by atoms with Crippen LogP contribution in [-0.4, -0.2) is 34.3 Å². The summed E-state index contributed by atoms with van der Waals surface area (Å²) in [5, 5.41) is 14.3. The fourth-order valence-electron chi connectivity index (χ4n) is 2.24. The van der Waals surface area contributed by atoms with E-state index in [0.29, 0.717) is 17.9 Å². The maximum atomic E-state index is 9.84. The van der Waals surface area contributed by atoms with Crippen molar-refractivity contribution < 1.29 is 5.11 Å². The average molecular weight is 257 g/mol. The van der Waals surface area contributed by atoms with Crippen molar-refractivity contribution in [2.45, 2.75) is 63.3 Å². The summed E-state index contributed by atoms with van der Waals surface area (Å²) in [6, 6.07) is 0.692. The second-order valence-electron chi connectivity index (χ2n) is 6.27. The van der Waals surface area contributed by atoms with Gasteiger partial charge in [-0.2, -0.15) is 11.8 Å². The highest BCUT2D eigenvalue weighted by Gasteiger charge is 2.47. The van der Waals surface area contributed by atoms with Crippen LogP contribution in [0.15, 0.2) is 0 Å². The molecule has 17 heavy (non-hydrogen) atoms. The second kappa shape index (κ2) is 5.50. The number of rotatable bonds is 8. The van der Waals surface area contributed by atoms with Gasteiger partial charge < -0.3 is 10.4 Å². The molecule has 2 fully saturated rings. The monoisotopic (exact) mass is 257 g/mol. The summed E-state index contributed by atoms with van der Waals surface area (Å²) in [6.07, 6.45) is 5.21. The van der Waals surface area contributed by atoms with Crippen LogP contribution in [-0.2, 0) is 0 Å². The highest BCUT2D eigenvalue weighted by atomic mass is 32.2. The van der Waals surface area contributed by atoms with Gasteiger partial charge >= 0.3 is 0 Å². The van der Waals surface area contributed by atoms with E-state index in [-0.39, 0.29) is 5.54 Å². The van der Waals surface area contributed by atoms with Gasteiger partial charge in [-0.15, -0.1) is 0 Å². The van der Waals surface area contributed by atoms with Crippen LogP contribution in [0.4, 0.5) is 0 Å². The molecule has 2 N–H and O–H groups in total. The zero-order chi connectivity index (χ0) is 12.5. The minimum Gasteiger partial charge on any atom is -0.394 e. The van der Waals surface area contributed by atoms with E-state index in [2.05, 4.69) is 26.1 Å². The van der Waals surface area contributed by atoms with E-state index in [1.807, 2.05) is 11.8 Å². The molecule has 2 atom stereocenters. The van der Waals surface area contributed by atoms with Gasteiger partial charge in [-0.3, -0.25) is 0 Å². The summed E-state index contributed by atoms with van der Waals surface area (Å²) in [4.78, 5) is 0. The molecule has 0 aromatic heterocycles. The summed E-state index contributed by atoms with van der Waals surface area (Å²) in [5.74, 6) is 2.51. The molecule has 0 aliphatic heterocycles. The van der Waals surface area contributed by atoms with Crippen LogP contribution in [0.25, 0.3) is 0 Å². The molecule has 2 nitrogen and oxygen atoms in total. The molecule has 0 saturated heterocycles. The van der Waals surface area contributed by atoms with Crippen molar-refractivity contribution in [3.8, 4) is 0 Å². The first-order valence-electron chi connectivity index (χ1n) is 7.07. The fourth-order valence-corrected chi connectivity index (χ4v) is 3.60. The Balaban J connectivity index is 1.89. The number of thioether (sulfide) groups is 1. The van der Waals surface area contributed by atoms with E-state index in [9.17, 15) is 5.11 Å². The average Bonchev–Trinajstić information content (AvgIpc) is 3.15. The lowest BCUT2D eigenvalue weighted by Gasteiger charge is -2.35. The van der Waals surface area contributed by atoms with Crippen LogP contribution in [0.2, 0.25) is 0 Å². The van der Waals surface area contributed by atoms with Gasteiger partial charge in [-0.25, -0.2) is 0 Å². The molecule has 100 valence electrons.